The van der Waals surface area contributed by atoms with E-state index in [9.17, 15) is 9.18 Å². The normalized spacial score (nSPS) is 19.4. The number of benzene rings is 2. The van der Waals surface area contributed by atoms with Gasteiger partial charge in [-0.1, -0.05) is 17.3 Å². The molecule has 0 spiro atoms. The number of aromatic nitrogens is 3. The Morgan fingerprint density at radius 1 is 1.16 bits per heavy atom. The predicted octanol–water partition coefficient (Wildman–Crippen LogP) is 4.16. The first-order valence-electron chi connectivity index (χ1n) is 12.3. The molecule has 2 fully saturated rings. The van der Waals surface area contributed by atoms with Gasteiger partial charge in [-0.2, -0.15) is 5.10 Å². The largest absolute Gasteiger partial charge is 0.488 e. The first-order valence-corrected chi connectivity index (χ1v) is 12.3. The Labute approximate surface area is 212 Å². The number of hydrogen-bond acceptors (Lipinski definition) is 7. The Bertz CT molecular complexity index is 1400. The molecule has 2 aliphatic heterocycles. The number of nitrogens with one attached hydrogen (secondary N) is 1. The van der Waals surface area contributed by atoms with E-state index >= 15 is 0 Å². The smallest absolute Gasteiger partial charge is 0.253 e. The number of amides is 1. The molecule has 1 amide bonds. The van der Waals surface area contributed by atoms with Gasteiger partial charge in [-0.3, -0.25) is 9.89 Å². The van der Waals surface area contributed by atoms with Gasteiger partial charge in [-0.05, 0) is 30.5 Å². The highest BCUT2D eigenvalue weighted by Gasteiger charge is 2.37. The monoisotopic (exact) mass is 506 g/mol. The van der Waals surface area contributed by atoms with Crippen molar-refractivity contribution in [2.75, 3.05) is 46.6 Å². The van der Waals surface area contributed by atoms with Gasteiger partial charge in [0, 0.05) is 61.4 Å². The minimum atomic E-state index is -0.504. The third-order valence-electron chi connectivity index (χ3n) is 7.16. The fraction of sp³-hybridized carbons (Fsp3) is 0.370. The molecule has 1 N–H and O–H groups in total. The summed E-state index contributed by atoms with van der Waals surface area (Å²) in [5.41, 5.74) is 3.09. The second kappa shape index (κ2) is 9.95. The van der Waals surface area contributed by atoms with E-state index in [0.29, 0.717) is 52.1 Å². The lowest BCUT2D eigenvalue weighted by Gasteiger charge is -2.23. The zero-order chi connectivity index (χ0) is 25.4. The van der Waals surface area contributed by atoms with Crippen LogP contribution in [0.1, 0.15) is 16.8 Å². The fourth-order valence-corrected chi connectivity index (χ4v) is 5.13. The molecule has 2 aromatic carbocycles. The van der Waals surface area contributed by atoms with Crippen molar-refractivity contribution in [1.82, 2.24) is 20.3 Å². The Hall–Kier alpha value is -3.76. The van der Waals surface area contributed by atoms with Gasteiger partial charge in [0.25, 0.3) is 5.91 Å². The summed E-state index contributed by atoms with van der Waals surface area (Å²) in [6, 6.07) is 12.0. The van der Waals surface area contributed by atoms with Crippen LogP contribution in [0.15, 0.2) is 47.0 Å². The van der Waals surface area contributed by atoms with Crippen molar-refractivity contribution in [2.45, 2.75) is 6.42 Å². The third kappa shape index (κ3) is 4.58. The number of carbonyl (C=O) groups excluding carboxylic acids is 1. The number of ether oxygens (including phenoxy) is 3. The summed E-state index contributed by atoms with van der Waals surface area (Å²) in [7, 11) is 1.55. The molecule has 4 heterocycles. The minimum Gasteiger partial charge on any atom is -0.488 e. The zero-order valence-electron chi connectivity index (χ0n) is 20.4. The lowest BCUT2D eigenvalue weighted by molar-refractivity contribution is 0.0370. The Kier molecular flexibility index (Phi) is 6.35. The number of likely N-dealkylation sites (tertiary alicyclic amines) is 1. The van der Waals surface area contributed by atoms with Crippen molar-refractivity contribution >= 4 is 16.8 Å². The number of halogens is 1. The van der Waals surface area contributed by atoms with Crippen molar-refractivity contribution in [1.29, 1.82) is 0 Å². The van der Waals surface area contributed by atoms with Crippen LogP contribution in [-0.2, 0) is 9.47 Å². The van der Waals surface area contributed by atoms with Crippen LogP contribution >= 0.6 is 0 Å². The van der Waals surface area contributed by atoms with E-state index in [4.69, 9.17) is 18.7 Å². The number of hydrogen-bond donors (Lipinski definition) is 1. The molecule has 2 aromatic heterocycles. The molecule has 0 aliphatic carbocycles. The average molecular weight is 507 g/mol. The molecule has 2 aliphatic rings. The maximum atomic E-state index is 14.6. The Morgan fingerprint density at radius 2 is 2.00 bits per heavy atom. The van der Waals surface area contributed by atoms with Gasteiger partial charge >= 0.3 is 0 Å². The molecule has 0 radical (unpaired) electrons. The van der Waals surface area contributed by atoms with Crippen LogP contribution in [0.2, 0.25) is 0 Å². The topological polar surface area (TPSA) is 103 Å². The minimum absolute atomic E-state index is 0.0392. The molecule has 6 rings (SSSR count). The van der Waals surface area contributed by atoms with Crippen molar-refractivity contribution in [3.63, 3.8) is 0 Å². The number of aromatic amines is 1. The molecule has 2 saturated heterocycles. The van der Waals surface area contributed by atoms with E-state index in [1.807, 2.05) is 29.2 Å². The summed E-state index contributed by atoms with van der Waals surface area (Å²) in [6.07, 6.45) is 1.02. The summed E-state index contributed by atoms with van der Waals surface area (Å²) >= 11 is 0. The van der Waals surface area contributed by atoms with Gasteiger partial charge < -0.3 is 23.6 Å². The predicted molar refractivity (Wildman–Crippen MR) is 133 cm³/mol. The number of fused-ring (bicyclic) bond motifs is 2. The van der Waals surface area contributed by atoms with Gasteiger partial charge in [0.2, 0.25) is 0 Å². The van der Waals surface area contributed by atoms with E-state index in [0.717, 1.165) is 38.3 Å². The molecule has 9 nitrogen and oxygen atoms in total. The van der Waals surface area contributed by atoms with Crippen LogP contribution in [0, 0.1) is 17.7 Å². The molecule has 1 unspecified atom stereocenters. The molecule has 10 heteroatoms. The van der Waals surface area contributed by atoms with E-state index in [1.54, 1.807) is 19.2 Å². The van der Waals surface area contributed by atoms with E-state index < -0.39 is 5.82 Å². The van der Waals surface area contributed by atoms with Gasteiger partial charge in [-0.15, -0.1) is 0 Å². The number of carbonyl (C=O) groups is 1. The SMILES string of the molecule is COCCOc1cc2[nH]nc(-c3cc(-c4ccc(C(=O)N5CC6COCC[C@H]6C5)cc4)no3)c2cc1F. The first kappa shape index (κ1) is 23.6. The lowest BCUT2D eigenvalue weighted by atomic mass is 9.92. The van der Waals surface area contributed by atoms with Crippen LogP contribution < -0.4 is 4.74 Å². The maximum Gasteiger partial charge on any atom is 0.253 e. The summed E-state index contributed by atoms with van der Waals surface area (Å²) in [6.45, 7) is 3.66. The molecule has 37 heavy (non-hydrogen) atoms. The van der Waals surface area contributed by atoms with Crippen LogP contribution in [-0.4, -0.2) is 72.8 Å². The third-order valence-corrected chi connectivity index (χ3v) is 7.16. The van der Waals surface area contributed by atoms with Crippen LogP contribution in [0.25, 0.3) is 33.6 Å². The molecule has 2 atom stereocenters. The average Bonchev–Trinajstić information content (AvgIpc) is 3.66. The summed E-state index contributed by atoms with van der Waals surface area (Å²) in [5, 5.41) is 11.9. The molecular weight excluding hydrogens is 479 g/mol. The zero-order valence-corrected chi connectivity index (χ0v) is 20.4. The second-order valence-corrected chi connectivity index (χ2v) is 9.49. The number of methoxy groups -OCH3 is 1. The number of H-pyrrole nitrogens is 1. The number of rotatable bonds is 7. The Morgan fingerprint density at radius 3 is 2.81 bits per heavy atom. The molecule has 192 valence electrons. The van der Waals surface area contributed by atoms with Gasteiger partial charge in [0.1, 0.15) is 18.0 Å². The van der Waals surface area contributed by atoms with Crippen molar-refractivity contribution in [2.24, 2.45) is 11.8 Å². The first-order chi connectivity index (χ1) is 18.1. The highest BCUT2D eigenvalue weighted by Crippen LogP contribution is 2.34. The summed E-state index contributed by atoms with van der Waals surface area (Å²) in [5.74, 6) is 1.02. The lowest BCUT2D eigenvalue weighted by Crippen LogP contribution is -2.29. The highest BCUT2D eigenvalue weighted by molar-refractivity contribution is 5.95. The Balaban J connectivity index is 1.18. The molecule has 0 bridgehead atoms. The van der Waals surface area contributed by atoms with E-state index in [-0.39, 0.29) is 18.3 Å². The fourth-order valence-electron chi connectivity index (χ4n) is 5.13. The van der Waals surface area contributed by atoms with Crippen molar-refractivity contribution in [3.05, 3.63) is 53.8 Å². The number of nitrogens with zero attached hydrogens (tertiary/aromatic N) is 3. The quantitative estimate of drug-likeness (QED) is 0.376. The van der Waals surface area contributed by atoms with Crippen LogP contribution in [0.5, 0.6) is 5.75 Å². The van der Waals surface area contributed by atoms with Gasteiger partial charge in [-0.25, -0.2) is 4.39 Å². The molecule has 4 aromatic rings. The maximum absolute atomic E-state index is 14.6. The molecule has 0 saturated carbocycles. The molecular formula is C27H27FN4O5. The second-order valence-electron chi connectivity index (χ2n) is 9.49. The summed E-state index contributed by atoms with van der Waals surface area (Å²) in [4.78, 5) is 15.0. The highest BCUT2D eigenvalue weighted by atomic mass is 19.1. The van der Waals surface area contributed by atoms with Crippen LogP contribution in [0.4, 0.5) is 4.39 Å². The van der Waals surface area contributed by atoms with E-state index in [2.05, 4.69) is 15.4 Å². The van der Waals surface area contributed by atoms with Crippen molar-refractivity contribution in [3.8, 4) is 28.5 Å². The standard InChI is InChI=1S/C27H27FN4O5/c1-34-8-9-36-24-12-23-20(10-21(24)28)26(30-29-23)25-11-22(31-37-25)16-2-4-17(5-3-16)27(33)32-13-18-6-7-35-15-19(18)14-32/h2-5,10-12,18-19H,6-9,13-15H2,1H3,(H,29,30)/t18-,19?/m0/s1. The summed E-state index contributed by atoms with van der Waals surface area (Å²) < 4.78 is 36.1. The van der Waals surface area contributed by atoms with Gasteiger partial charge in [0.15, 0.2) is 17.3 Å². The van der Waals surface area contributed by atoms with Crippen molar-refractivity contribution < 1.29 is 27.9 Å². The van der Waals surface area contributed by atoms with E-state index in [1.165, 1.54) is 6.07 Å². The van der Waals surface area contributed by atoms with Gasteiger partial charge in [0.05, 0.1) is 18.7 Å². The van der Waals surface area contributed by atoms with Crippen LogP contribution in [0.3, 0.4) is 0 Å².